The monoisotopic (exact) mass is 602 g/mol. The van der Waals surface area contributed by atoms with Crippen molar-refractivity contribution in [1.29, 1.82) is 0 Å². The van der Waals surface area contributed by atoms with Gasteiger partial charge in [-0.1, -0.05) is 0 Å². The van der Waals surface area contributed by atoms with E-state index in [0.29, 0.717) is 0 Å². The molecule has 3 aromatic carbocycles. The van der Waals surface area contributed by atoms with Crippen LogP contribution in [0.1, 0.15) is 28.2 Å². The number of hydrogen-bond donors (Lipinski definition) is 1. The standard InChI is InChI=1S/C13H9.C12H7BrN.2ClH.H2S.Zr/c1-3-7-12-10(5-1)9-11-6-2-4-8-13(11)12;13-10-1-2-11-9(6-10)5-8-3-4-14-7-12(8)11;;;;/h1-5,7-8H,9H2;1,3-7,12H;2*1H;1H2;/q;;;;;+3/p-3. The predicted molar refractivity (Wildman–Crippen MR) is 137 cm³/mol. The second-order valence-corrected chi connectivity index (χ2v) is 35.1. The van der Waals surface area contributed by atoms with Gasteiger partial charge in [-0.25, -0.2) is 0 Å². The van der Waals surface area contributed by atoms with E-state index in [1.165, 1.54) is 27.8 Å². The molecule has 0 fully saturated rings. The number of fused-ring (bicyclic) bond motifs is 6. The van der Waals surface area contributed by atoms with Crippen molar-refractivity contribution in [1.82, 2.24) is 0 Å². The Labute approximate surface area is 201 Å². The van der Waals surface area contributed by atoms with Crippen LogP contribution in [-0.2, 0) is 21.4 Å². The van der Waals surface area contributed by atoms with Crippen LogP contribution in [0.5, 0.6) is 0 Å². The van der Waals surface area contributed by atoms with Crippen LogP contribution >= 0.6 is 42.3 Å². The number of rotatable bonds is 2. The fourth-order valence-electron chi connectivity index (χ4n) is 5.17. The van der Waals surface area contributed by atoms with Crippen molar-refractivity contribution in [3.63, 3.8) is 0 Å². The van der Waals surface area contributed by atoms with Crippen molar-refractivity contribution in [3.8, 4) is 11.1 Å². The quantitative estimate of drug-likeness (QED) is 0.239. The summed E-state index contributed by atoms with van der Waals surface area (Å²) in [5, 5.41) is 0. The second-order valence-electron chi connectivity index (χ2n) is 8.32. The van der Waals surface area contributed by atoms with Crippen LogP contribution in [0.3, 0.4) is 0 Å². The molecule has 0 N–H and O–H groups in total. The first kappa shape index (κ1) is 20.7. The first-order valence-corrected chi connectivity index (χ1v) is 23.4. The van der Waals surface area contributed by atoms with Crippen molar-refractivity contribution >= 4 is 61.2 Å². The Morgan fingerprint density at radius 3 is 2.68 bits per heavy atom. The van der Waals surface area contributed by atoms with Crippen LogP contribution in [0.15, 0.2) is 81.9 Å². The van der Waals surface area contributed by atoms with Crippen molar-refractivity contribution in [2.75, 3.05) is 0 Å². The van der Waals surface area contributed by atoms with Crippen molar-refractivity contribution in [2.45, 2.75) is 12.3 Å². The molecule has 1 atom stereocenters. The van der Waals surface area contributed by atoms with Gasteiger partial charge in [0, 0.05) is 0 Å². The summed E-state index contributed by atoms with van der Waals surface area (Å²) in [6, 6.07) is 19.1. The molecule has 2 aliphatic carbocycles. The fraction of sp³-hybridized carbons (Fsp3) is 0.0800. The molecule has 31 heavy (non-hydrogen) atoms. The maximum absolute atomic E-state index is 7.59. The van der Waals surface area contributed by atoms with Crippen LogP contribution in [0, 0.1) is 0 Å². The number of nitrogens with zero attached hydrogens (tertiary/aromatic N) is 1. The number of halogens is 3. The molecule has 0 radical (unpaired) electrons. The van der Waals surface area contributed by atoms with Gasteiger partial charge in [0.05, 0.1) is 0 Å². The molecule has 0 amide bonds. The van der Waals surface area contributed by atoms with E-state index in [2.05, 4.69) is 87.7 Å². The van der Waals surface area contributed by atoms with E-state index in [-0.39, 0.29) is 5.92 Å². The summed E-state index contributed by atoms with van der Waals surface area (Å²) in [4.78, 5) is 4.40. The van der Waals surface area contributed by atoms with Gasteiger partial charge in [-0.15, -0.1) is 0 Å². The van der Waals surface area contributed by atoms with Crippen LogP contribution in [-0.4, -0.2) is 6.21 Å². The van der Waals surface area contributed by atoms with E-state index >= 15 is 0 Å². The second kappa shape index (κ2) is 7.05. The minimum absolute atomic E-state index is 0.0644. The van der Waals surface area contributed by atoms with Crippen LogP contribution in [0.2, 0.25) is 0 Å². The third-order valence-corrected chi connectivity index (χ3v) is 21.3. The zero-order valence-electron chi connectivity index (χ0n) is 16.3. The Kier molecular flexibility index (Phi) is 4.71. The SMILES string of the molecule is [SH][Zr]([Cl])([Cl])([c]1cccc2c1Cc1ccccc1-2)[c]1cc(Br)cc2c1C1C=NC=CC1=C2. The summed E-state index contributed by atoms with van der Waals surface area (Å²) in [6.45, 7) is 0. The number of thiol groups is 1. The molecule has 0 saturated heterocycles. The number of aliphatic imine (C=N–C) groups is 1. The number of benzene rings is 3. The first-order chi connectivity index (χ1) is 14.8. The average Bonchev–Trinajstić information content (AvgIpc) is 3.30. The normalized spacial score (nSPS) is 19.2. The van der Waals surface area contributed by atoms with E-state index in [0.717, 1.165) is 28.6 Å². The third kappa shape index (κ3) is 3.10. The molecule has 3 aliphatic rings. The summed E-state index contributed by atoms with van der Waals surface area (Å²) in [7, 11) is 20.4. The number of hydrogen-bond acceptors (Lipinski definition) is 2. The molecule has 0 saturated carbocycles. The zero-order chi connectivity index (χ0) is 21.4. The molecule has 6 heteroatoms. The van der Waals surface area contributed by atoms with E-state index in [4.69, 9.17) is 26.4 Å². The molecule has 1 heterocycles. The zero-order valence-corrected chi connectivity index (χ0v) is 22.8. The molecule has 153 valence electrons. The topological polar surface area (TPSA) is 12.4 Å². The predicted octanol–water partition coefficient (Wildman–Crippen LogP) is 6.89. The average molecular weight is 606 g/mol. The minimum atomic E-state index is -4.96. The van der Waals surface area contributed by atoms with Crippen molar-refractivity contribution in [2.24, 2.45) is 4.99 Å². The molecule has 0 aromatic heterocycles. The summed E-state index contributed by atoms with van der Waals surface area (Å²) in [5.74, 6) is 0.0644. The molecular weight excluding hydrogens is 588 g/mol. The Morgan fingerprint density at radius 1 is 1.00 bits per heavy atom. The van der Waals surface area contributed by atoms with E-state index in [1.54, 1.807) is 0 Å². The molecule has 1 nitrogen and oxygen atoms in total. The number of allylic oxidation sites excluding steroid dienone is 2. The van der Waals surface area contributed by atoms with Gasteiger partial charge in [-0.3, -0.25) is 0 Å². The van der Waals surface area contributed by atoms with E-state index in [9.17, 15) is 0 Å². The van der Waals surface area contributed by atoms with Gasteiger partial charge in [-0.2, -0.15) is 0 Å². The Hall–Kier alpha value is -0.897. The summed E-state index contributed by atoms with van der Waals surface area (Å²) in [5.41, 5.74) is 8.49. The molecule has 3 aromatic rings. The summed E-state index contributed by atoms with van der Waals surface area (Å²) in [6.07, 6.45) is 8.91. The van der Waals surface area contributed by atoms with Gasteiger partial charge in [-0.05, 0) is 0 Å². The molecule has 0 spiro atoms. The molecule has 0 bridgehead atoms. The van der Waals surface area contributed by atoms with Gasteiger partial charge < -0.3 is 0 Å². The molecule has 1 aliphatic heterocycles. The first-order valence-electron chi connectivity index (χ1n) is 10.1. The van der Waals surface area contributed by atoms with Gasteiger partial charge in [0.1, 0.15) is 0 Å². The van der Waals surface area contributed by atoms with Crippen LogP contribution in [0.4, 0.5) is 0 Å². The Balaban J connectivity index is 1.60. The van der Waals surface area contributed by atoms with E-state index in [1.807, 2.05) is 12.4 Å². The summed E-state index contributed by atoms with van der Waals surface area (Å²) >= 11 is -1.27. The molecule has 1 unspecified atom stereocenters. The van der Waals surface area contributed by atoms with Crippen LogP contribution in [0.25, 0.3) is 17.2 Å². The fourth-order valence-corrected chi connectivity index (χ4v) is 18.8. The van der Waals surface area contributed by atoms with Gasteiger partial charge in [0.25, 0.3) is 0 Å². The van der Waals surface area contributed by atoms with Gasteiger partial charge in [0.15, 0.2) is 0 Å². The van der Waals surface area contributed by atoms with Gasteiger partial charge in [0.2, 0.25) is 0 Å². The third-order valence-electron chi connectivity index (χ3n) is 6.53. The molecule has 6 rings (SSSR count). The van der Waals surface area contributed by atoms with Crippen LogP contribution < -0.4 is 6.54 Å². The Bertz CT molecular complexity index is 1380. The van der Waals surface area contributed by atoms with Gasteiger partial charge >= 0.3 is 204 Å². The van der Waals surface area contributed by atoms with E-state index < -0.39 is 14.9 Å². The van der Waals surface area contributed by atoms with Crippen molar-refractivity contribution in [3.05, 3.63) is 99.2 Å². The Morgan fingerprint density at radius 2 is 1.81 bits per heavy atom. The summed E-state index contributed by atoms with van der Waals surface area (Å²) < 4.78 is 2.95. The molecular formula is C25H17BrCl2NSZr. The van der Waals surface area contributed by atoms with Crippen molar-refractivity contribution < 1.29 is 14.9 Å². The maximum atomic E-state index is 7.59.